The van der Waals surface area contributed by atoms with Gasteiger partial charge in [-0.1, -0.05) is 24.6 Å². The average Bonchev–Trinajstić information content (AvgIpc) is 2.23. The van der Waals surface area contributed by atoms with Gasteiger partial charge in [0.2, 0.25) is 0 Å². The summed E-state index contributed by atoms with van der Waals surface area (Å²) in [7, 11) is 0. The van der Waals surface area contributed by atoms with Crippen molar-refractivity contribution >= 4 is 23.4 Å². The second kappa shape index (κ2) is 8.03. The molecule has 1 N–H and O–H groups in total. The van der Waals surface area contributed by atoms with Crippen molar-refractivity contribution < 1.29 is 0 Å². The van der Waals surface area contributed by atoms with Gasteiger partial charge in [0, 0.05) is 9.92 Å². The van der Waals surface area contributed by atoms with Crippen LogP contribution in [-0.2, 0) is 0 Å². The Morgan fingerprint density at radius 2 is 2.20 bits per heavy atom. The predicted molar refractivity (Wildman–Crippen MR) is 70.0 cm³/mol. The van der Waals surface area contributed by atoms with E-state index in [4.69, 9.17) is 11.6 Å². The number of hydrogen-bond acceptors (Lipinski definition) is 2. The first-order chi connectivity index (χ1) is 7.33. The lowest BCUT2D eigenvalue weighted by molar-refractivity contribution is 0.666. The molecule has 15 heavy (non-hydrogen) atoms. The molecule has 0 aliphatic rings. The average molecular weight is 244 g/mol. The molecule has 0 fully saturated rings. The van der Waals surface area contributed by atoms with Gasteiger partial charge in [-0.3, -0.25) is 0 Å². The highest BCUT2D eigenvalue weighted by atomic mass is 35.5. The smallest absolute Gasteiger partial charge is 0.0417 e. The number of thioether (sulfide) groups is 1. The third-order valence-electron chi connectivity index (χ3n) is 2.06. The Labute approximate surface area is 102 Å². The lowest BCUT2D eigenvalue weighted by Gasteiger charge is -2.03. The summed E-state index contributed by atoms with van der Waals surface area (Å²) in [6.45, 7) is 4.34. The molecule has 0 heterocycles. The van der Waals surface area contributed by atoms with Crippen molar-refractivity contribution in [2.24, 2.45) is 0 Å². The lowest BCUT2D eigenvalue weighted by Crippen LogP contribution is -2.13. The lowest BCUT2D eigenvalue weighted by atomic mass is 10.3. The van der Waals surface area contributed by atoms with E-state index in [1.54, 1.807) is 0 Å². The first-order valence-electron chi connectivity index (χ1n) is 5.42. The van der Waals surface area contributed by atoms with E-state index in [9.17, 15) is 0 Å². The molecule has 0 unspecified atom stereocenters. The standard InChI is InChI=1S/C12H18ClNS/c1-2-14-8-3-4-9-15-12-7-5-6-11(13)10-12/h5-7,10,14H,2-4,8-9H2,1H3. The molecule has 0 radical (unpaired) electrons. The minimum atomic E-state index is 0.827. The Morgan fingerprint density at radius 1 is 1.33 bits per heavy atom. The van der Waals surface area contributed by atoms with Crippen molar-refractivity contribution in [1.82, 2.24) is 5.32 Å². The molecule has 0 aliphatic heterocycles. The van der Waals surface area contributed by atoms with Crippen molar-refractivity contribution in [1.29, 1.82) is 0 Å². The van der Waals surface area contributed by atoms with Gasteiger partial charge in [0.15, 0.2) is 0 Å². The molecule has 0 atom stereocenters. The zero-order chi connectivity index (χ0) is 10.9. The molecule has 0 aromatic heterocycles. The van der Waals surface area contributed by atoms with Crippen LogP contribution < -0.4 is 5.32 Å². The van der Waals surface area contributed by atoms with Gasteiger partial charge in [0.1, 0.15) is 0 Å². The van der Waals surface area contributed by atoms with Crippen LogP contribution >= 0.6 is 23.4 Å². The maximum absolute atomic E-state index is 5.90. The van der Waals surface area contributed by atoms with Crippen LogP contribution in [-0.4, -0.2) is 18.8 Å². The first kappa shape index (κ1) is 12.9. The van der Waals surface area contributed by atoms with E-state index in [0.29, 0.717) is 0 Å². The van der Waals surface area contributed by atoms with Crippen molar-refractivity contribution in [2.45, 2.75) is 24.7 Å². The maximum atomic E-state index is 5.90. The normalized spacial score (nSPS) is 10.5. The summed E-state index contributed by atoms with van der Waals surface area (Å²) in [6.07, 6.45) is 2.51. The molecular formula is C12H18ClNS. The van der Waals surface area contributed by atoms with Gasteiger partial charge in [0.25, 0.3) is 0 Å². The quantitative estimate of drug-likeness (QED) is 0.577. The van der Waals surface area contributed by atoms with Gasteiger partial charge in [-0.15, -0.1) is 11.8 Å². The summed E-state index contributed by atoms with van der Waals surface area (Å²) in [6, 6.07) is 8.05. The highest BCUT2D eigenvalue weighted by Gasteiger charge is 1.95. The fraction of sp³-hybridized carbons (Fsp3) is 0.500. The number of nitrogens with one attached hydrogen (secondary N) is 1. The topological polar surface area (TPSA) is 12.0 Å². The third kappa shape index (κ3) is 6.08. The largest absolute Gasteiger partial charge is 0.317 e. The van der Waals surface area contributed by atoms with E-state index < -0.39 is 0 Å². The minimum Gasteiger partial charge on any atom is -0.317 e. The summed E-state index contributed by atoms with van der Waals surface area (Å²) in [5, 5.41) is 4.15. The predicted octanol–water partition coefficient (Wildman–Crippen LogP) is 3.82. The van der Waals surface area contributed by atoms with Gasteiger partial charge in [-0.25, -0.2) is 0 Å². The first-order valence-corrected chi connectivity index (χ1v) is 6.78. The van der Waals surface area contributed by atoms with Crippen molar-refractivity contribution in [3.8, 4) is 0 Å². The number of halogens is 1. The van der Waals surface area contributed by atoms with Gasteiger partial charge < -0.3 is 5.32 Å². The Balaban J connectivity index is 2.10. The number of unbranched alkanes of at least 4 members (excludes halogenated alkanes) is 1. The fourth-order valence-corrected chi connectivity index (χ4v) is 2.50. The Hall–Kier alpha value is -0.180. The van der Waals surface area contributed by atoms with Crippen LogP contribution in [0.2, 0.25) is 5.02 Å². The molecule has 0 amide bonds. The summed E-state index contributed by atoms with van der Waals surface area (Å²) in [5.74, 6) is 1.17. The molecule has 3 heteroatoms. The van der Waals surface area contributed by atoms with Crippen LogP contribution in [0.5, 0.6) is 0 Å². The Bertz CT molecular complexity index is 278. The second-order valence-corrected chi connectivity index (χ2v) is 4.97. The summed E-state index contributed by atoms with van der Waals surface area (Å²) < 4.78 is 0. The van der Waals surface area contributed by atoms with Crippen LogP contribution in [0, 0.1) is 0 Å². The number of benzene rings is 1. The fourth-order valence-electron chi connectivity index (χ4n) is 1.28. The number of rotatable bonds is 7. The van der Waals surface area contributed by atoms with Crippen molar-refractivity contribution in [3.63, 3.8) is 0 Å². The molecular weight excluding hydrogens is 226 g/mol. The van der Waals surface area contributed by atoms with E-state index in [-0.39, 0.29) is 0 Å². The molecule has 1 nitrogen and oxygen atoms in total. The van der Waals surface area contributed by atoms with Crippen LogP contribution in [0.15, 0.2) is 29.2 Å². The maximum Gasteiger partial charge on any atom is 0.0417 e. The molecule has 1 aromatic rings. The highest BCUT2D eigenvalue weighted by Crippen LogP contribution is 2.22. The molecule has 0 aliphatic carbocycles. The van der Waals surface area contributed by atoms with Gasteiger partial charge in [-0.2, -0.15) is 0 Å². The van der Waals surface area contributed by atoms with E-state index >= 15 is 0 Å². The third-order valence-corrected chi connectivity index (χ3v) is 3.38. The van der Waals surface area contributed by atoms with Crippen LogP contribution in [0.4, 0.5) is 0 Å². The van der Waals surface area contributed by atoms with E-state index in [1.165, 1.54) is 23.5 Å². The highest BCUT2D eigenvalue weighted by molar-refractivity contribution is 7.99. The molecule has 0 saturated carbocycles. The summed E-state index contributed by atoms with van der Waals surface area (Å²) in [4.78, 5) is 1.27. The van der Waals surface area contributed by atoms with Crippen molar-refractivity contribution in [3.05, 3.63) is 29.3 Å². The molecule has 0 spiro atoms. The molecule has 0 saturated heterocycles. The molecule has 84 valence electrons. The van der Waals surface area contributed by atoms with E-state index in [1.807, 2.05) is 30.0 Å². The zero-order valence-corrected chi connectivity index (χ0v) is 10.7. The summed E-state index contributed by atoms with van der Waals surface area (Å²) in [5.41, 5.74) is 0. The van der Waals surface area contributed by atoms with Crippen molar-refractivity contribution in [2.75, 3.05) is 18.8 Å². The van der Waals surface area contributed by atoms with Gasteiger partial charge in [-0.05, 0) is 49.9 Å². The minimum absolute atomic E-state index is 0.827. The second-order valence-electron chi connectivity index (χ2n) is 3.37. The number of hydrogen-bond donors (Lipinski definition) is 1. The molecule has 1 aromatic carbocycles. The summed E-state index contributed by atoms with van der Waals surface area (Å²) >= 11 is 7.78. The Kier molecular flexibility index (Phi) is 6.90. The molecule has 1 rings (SSSR count). The van der Waals surface area contributed by atoms with Crippen LogP contribution in [0.1, 0.15) is 19.8 Å². The molecule has 0 bridgehead atoms. The Morgan fingerprint density at radius 3 is 2.93 bits per heavy atom. The SMILES string of the molecule is CCNCCCCSc1cccc(Cl)c1. The van der Waals surface area contributed by atoms with E-state index in [2.05, 4.69) is 18.3 Å². The van der Waals surface area contributed by atoms with E-state index in [0.717, 1.165) is 18.1 Å². The zero-order valence-electron chi connectivity index (χ0n) is 9.13. The van der Waals surface area contributed by atoms with Crippen LogP contribution in [0.25, 0.3) is 0 Å². The van der Waals surface area contributed by atoms with Gasteiger partial charge in [0.05, 0.1) is 0 Å². The monoisotopic (exact) mass is 243 g/mol. The van der Waals surface area contributed by atoms with Gasteiger partial charge >= 0.3 is 0 Å². The van der Waals surface area contributed by atoms with Crippen LogP contribution in [0.3, 0.4) is 0 Å².